The smallest absolute Gasteiger partial charge is 0.226 e. The molecule has 0 saturated carbocycles. The molecule has 4 nitrogen and oxygen atoms in total. The van der Waals surface area contributed by atoms with Crippen LogP contribution in [0.15, 0.2) is 12.2 Å². The summed E-state index contributed by atoms with van der Waals surface area (Å²) in [6.45, 7) is 1.45. The molecule has 0 radical (unpaired) electrons. The lowest BCUT2D eigenvalue weighted by atomic mass is 10.1. The van der Waals surface area contributed by atoms with Gasteiger partial charge < -0.3 is 10.2 Å². The minimum Gasteiger partial charge on any atom is -0.376 e. The van der Waals surface area contributed by atoms with Crippen molar-refractivity contribution in [3.63, 3.8) is 0 Å². The molecule has 0 heterocycles. The van der Waals surface area contributed by atoms with Crippen LogP contribution in [0.5, 0.6) is 0 Å². The Balaban J connectivity index is 3.27. The topological polar surface area (TPSA) is 60.8 Å². The van der Waals surface area contributed by atoms with Crippen molar-refractivity contribution in [1.82, 2.24) is 4.90 Å². The molecule has 0 aromatic rings. The molecule has 0 spiro atoms. The fourth-order valence-electron chi connectivity index (χ4n) is 2.71. The Labute approximate surface area is 148 Å². The molecule has 4 heteroatoms. The number of aliphatic hydroxyl groups excluding tert-OH is 2. The highest BCUT2D eigenvalue weighted by atomic mass is 16.3. The summed E-state index contributed by atoms with van der Waals surface area (Å²) in [6, 6.07) is 0. The maximum Gasteiger partial charge on any atom is 0.226 e. The first kappa shape index (κ1) is 23.1. The maximum absolute atomic E-state index is 11.5. The van der Waals surface area contributed by atoms with E-state index in [4.69, 9.17) is 10.2 Å². The summed E-state index contributed by atoms with van der Waals surface area (Å²) in [6.07, 6.45) is 21.1. The number of hydrogen-bond donors (Lipinski definition) is 2. The number of amides is 1. The van der Waals surface area contributed by atoms with Gasteiger partial charge in [-0.15, -0.1) is 0 Å². The average molecular weight is 342 g/mol. The van der Waals surface area contributed by atoms with Crippen LogP contribution in [0.3, 0.4) is 0 Å². The van der Waals surface area contributed by atoms with Gasteiger partial charge in [-0.1, -0.05) is 70.4 Å². The summed E-state index contributed by atoms with van der Waals surface area (Å²) < 4.78 is 0. The largest absolute Gasteiger partial charge is 0.376 e. The van der Waals surface area contributed by atoms with Crippen LogP contribution >= 0.6 is 0 Å². The number of rotatable bonds is 17. The fraction of sp³-hybridized carbons (Fsp3) is 0.850. The van der Waals surface area contributed by atoms with Crippen LogP contribution in [0.2, 0.25) is 0 Å². The molecule has 24 heavy (non-hydrogen) atoms. The Bertz CT molecular complexity index is 301. The quantitative estimate of drug-likeness (QED) is 0.228. The third-order valence-corrected chi connectivity index (χ3v) is 4.35. The standard InChI is InChI=1S/C20H39NO3/c1-2-3-4-5-6-7-8-9-10-11-12-13-14-15-16-17-20(24)21(18-22)19-23/h9-10,22-23H,2-8,11-19H2,1H3/b10-9-. The molecule has 2 N–H and O–H groups in total. The molecule has 0 aliphatic carbocycles. The van der Waals surface area contributed by atoms with E-state index >= 15 is 0 Å². The van der Waals surface area contributed by atoms with Gasteiger partial charge in [-0.25, -0.2) is 0 Å². The lowest BCUT2D eigenvalue weighted by Gasteiger charge is -2.16. The van der Waals surface area contributed by atoms with Gasteiger partial charge in [0.25, 0.3) is 0 Å². The monoisotopic (exact) mass is 341 g/mol. The van der Waals surface area contributed by atoms with Crippen molar-refractivity contribution in [2.24, 2.45) is 0 Å². The molecule has 0 bridgehead atoms. The number of carbonyl (C=O) groups is 1. The summed E-state index contributed by atoms with van der Waals surface area (Å²) >= 11 is 0. The van der Waals surface area contributed by atoms with Crippen LogP contribution in [0, 0.1) is 0 Å². The van der Waals surface area contributed by atoms with Gasteiger partial charge in [0.15, 0.2) is 0 Å². The van der Waals surface area contributed by atoms with E-state index in [1.807, 2.05) is 0 Å². The van der Waals surface area contributed by atoms with Gasteiger partial charge >= 0.3 is 0 Å². The first-order valence-corrected chi connectivity index (χ1v) is 9.90. The normalized spacial score (nSPS) is 11.3. The highest BCUT2D eigenvalue weighted by molar-refractivity contribution is 5.75. The second-order valence-corrected chi connectivity index (χ2v) is 6.55. The summed E-state index contributed by atoms with van der Waals surface area (Å²) in [4.78, 5) is 12.6. The Kier molecular flexibility index (Phi) is 17.8. The molecule has 0 atom stereocenters. The minimum atomic E-state index is -0.402. The minimum absolute atomic E-state index is 0.169. The van der Waals surface area contributed by atoms with E-state index in [2.05, 4.69) is 19.1 Å². The number of allylic oxidation sites excluding steroid dienone is 2. The van der Waals surface area contributed by atoms with E-state index in [1.165, 1.54) is 57.8 Å². The van der Waals surface area contributed by atoms with Gasteiger partial charge in [-0.05, 0) is 32.1 Å². The molecular formula is C20H39NO3. The third kappa shape index (κ3) is 14.7. The van der Waals surface area contributed by atoms with Crippen molar-refractivity contribution in [3.8, 4) is 0 Å². The summed E-state index contributed by atoms with van der Waals surface area (Å²) in [5.41, 5.74) is 0. The Morgan fingerprint density at radius 1 is 0.750 bits per heavy atom. The van der Waals surface area contributed by atoms with Crippen molar-refractivity contribution in [3.05, 3.63) is 12.2 Å². The molecule has 0 unspecified atom stereocenters. The Morgan fingerprint density at radius 3 is 1.71 bits per heavy atom. The number of hydrogen-bond acceptors (Lipinski definition) is 3. The zero-order valence-electron chi connectivity index (χ0n) is 15.7. The lowest BCUT2D eigenvalue weighted by Crippen LogP contribution is -2.32. The molecule has 0 aliphatic rings. The van der Waals surface area contributed by atoms with Gasteiger partial charge in [0, 0.05) is 6.42 Å². The number of nitrogens with zero attached hydrogens (tertiary/aromatic N) is 1. The SMILES string of the molecule is CCCCCCCC/C=C\CCCCCCCC(=O)N(CO)CO. The molecule has 142 valence electrons. The maximum atomic E-state index is 11.5. The molecule has 1 amide bonds. The van der Waals surface area contributed by atoms with E-state index in [0.29, 0.717) is 6.42 Å². The molecular weight excluding hydrogens is 302 g/mol. The predicted molar refractivity (Wildman–Crippen MR) is 100 cm³/mol. The van der Waals surface area contributed by atoms with Crippen LogP contribution in [-0.4, -0.2) is 34.5 Å². The second-order valence-electron chi connectivity index (χ2n) is 6.55. The van der Waals surface area contributed by atoms with Crippen LogP contribution in [-0.2, 0) is 4.79 Å². The van der Waals surface area contributed by atoms with E-state index in [1.54, 1.807) is 0 Å². The number of carbonyl (C=O) groups excluding carboxylic acids is 1. The van der Waals surface area contributed by atoms with Crippen LogP contribution < -0.4 is 0 Å². The summed E-state index contributed by atoms with van der Waals surface area (Å²) in [7, 11) is 0. The zero-order valence-corrected chi connectivity index (χ0v) is 15.7. The van der Waals surface area contributed by atoms with Crippen molar-refractivity contribution in [2.45, 2.75) is 96.8 Å². The van der Waals surface area contributed by atoms with Crippen molar-refractivity contribution in [2.75, 3.05) is 13.5 Å². The van der Waals surface area contributed by atoms with E-state index in [0.717, 1.165) is 30.6 Å². The van der Waals surface area contributed by atoms with Crippen molar-refractivity contribution >= 4 is 5.91 Å². The van der Waals surface area contributed by atoms with Gasteiger partial charge in [0.05, 0.1) is 0 Å². The van der Waals surface area contributed by atoms with Crippen LogP contribution in [0.4, 0.5) is 0 Å². The molecule has 0 fully saturated rings. The fourth-order valence-corrected chi connectivity index (χ4v) is 2.71. The Hall–Kier alpha value is -0.870. The lowest BCUT2D eigenvalue weighted by molar-refractivity contribution is -0.139. The van der Waals surface area contributed by atoms with Gasteiger partial charge in [-0.2, -0.15) is 0 Å². The summed E-state index contributed by atoms with van der Waals surface area (Å²) in [5, 5.41) is 17.7. The molecule has 0 saturated heterocycles. The van der Waals surface area contributed by atoms with E-state index < -0.39 is 13.5 Å². The highest BCUT2D eigenvalue weighted by Gasteiger charge is 2.09. The van der Waals surface area contributed by atoms with Crippen molar-refractivity contribution in [1.29, 1.82) is 0 Å². The number of unbranched alkanes of at least 4 members (excludes halogenated alkanes) is 11. The third-order valence-electron chi connectivity index (χ3n) is 4.35. The Morgan fingerprint density at radius 2 is 1.21 bits per heavy atom. The molecule has 0 aliphatic heterocycles. The molecule has 0 rings (SSSR count). The molecule has 0 aromatic carbocycles. The van der Waals surface area contributed by atoms with Crippen molar-refractivity contribution < 1.29 is 15.0 Å². The number of aliphatic hydroxyl groups is 2. The van der Waals surface area contributed by atoms with Gasteiger partial charge in [-0.3, -0.25) is 9.69 Å². The van der Waals surface area contributed by atoms with Gasteiger partial charge in [0.1, 0.15) is 13.5 Å². The van der Waals surface area contributed by atoms with E-state index in [9.17, 15) is 4.79 Å². The van der Waals surface area contributed by atoms with Crippen LogP contribution in [0.1, 0.15) is 96.8 Å². The first-order valence-electron chi connectivity index (χ1n) is 9.90. The molecule has 0 aromatic heterocycles. The summed E-state index contributed by atoms with van der Waals surface area (Å²) in [5.74, 6) is -0.169. The highest BCUT2D eigenvalue weighted by Crippen LogP contribution is 2.10. The van der Waals surface area contributed by atoms with E-state index in [-0.39, 0.29) is 5.91 Å². The van der Waals surface area contributed by atoms with Gasteiger partial charge in [0.2, 0.25) is 5.91 Å². The average Bonchev–Trinajstić information content (AvgIpc) is 2.59. The van der Waals surface area contributed by atoms with Crippen LogP contribution in [0.25, 0.3) is 0 Å². The predicted octanol–water partition coefficient (Wildman–Crippen LogP) is 4.75. The first-order chi connectivity index (χ1) is 11.8. The zero-order chi connectivity index (χ0) is 17.9. The second kappa shape index (κ2) is 18.5.